The lowest BCUT2D eigenvalue weighted by atomic mass is 10.2. The molecule has 0 radical (unpaired) electrons. The fraction of sp³-hybridized carbons (Fsp3) is 0.167. The van der Waals surface area contributed by atoms with Crippen LogP contribution in [0.1, 0.15) is 11.5 Å². The van der Waals surface area contributed by atoms with Crippen LogP contribution in [0.15, 0.2) is 34.9 Å². The van der Waals surface area contributed by atoms with Gasteiger partial charge in [-0.2, -0.15) is 0 Å². The molecule has 0 spiro atoms. The van der Waals surface area contributed by atoms with E-state index >= 15 is 0 Å². The first-order chi connectivity index (χ1) is 6.77. The fourth-order valence-electron chi connectivity index (χ4n) is 1.87. The minimum Gasteiger partial charge on any atom is -0.443 e. The minimum atomic E-state index is 0.954. The molecular formula is C12H11NO. The molecule has 0 unspecified atom stereocenters. The highest BCUT2D eigenvalue weighted by atomic mass is 16.3. The summed E-state index contributed by atoms with van der Waals surface area (Å²) in [7, 11) is 0. The van der Waals surface area contributed by atoms with Gasteiger partial charge in [0, 0.05) is 17.0 Å². The number of fused-ring (bicyclic) bond motifs is 3. The van der Waals surface area contributed by atoms with E-state index in [0.29, 0.717) is 0 Å². The van der Waals surface area contributed by atoms with E-state index in [1.807, 2.05) is 19.1 Å². The van der Waals surface area contributed by atoms with Crippen LogP contribution in [0.25, 0.3) is 16.5 Å². The fourth-order valence-corrected chi connectivity index (χ4v) is 1.87. The third-order valence-electron chi connectivity index (χ3n) is 2.80. The monoisotopic (exact) mass is 185 g/mol. The molecule has 0 aliphatic heterocycles. The van der Waals surface area contributed by atoms with E-state index in [0.717, 1.165) is 11.5 Å². The molecule has 2 heterocycles. The Balaban J connectivity index is 2.60. The molecule has 0 atom stereocenters. The molecule has 0 saturated carbocycles. The number of hydrogen-bond acceptors (Lipinski definition) is 1. The highest BCUT2D eigenvalue weighted by Gasteiger charge is 2.10. The topological polar surface area (TPSA) is 17.6 Å². The Labute approximate surface area is 81.8 Å². The van der Waals surface area contributed by atoms with Gasteiger partial charge in [-0.05, 0) is 19.9 Å². The Morgan fingerprint density at radius 3 is 2.79 bits per heavy atom. The molecule has 0 fully saturated rings. The Bertz CT molecular complexity index is 616. The molecule has 2 aromatic heterocycles. The number of aromatic nitrogens is 1. The van der Waals surface area contributed by atoms with Gasteiger partial charge >= 0.3 is 0 Å². The van der Waals surface area contributed by atoms with E-state index in [2.05, 4.69) is 29.7 Å². The number of aryl methyl sites for hydroxylation is 2. The summed E-state index contributed by atoms with van der Waals surface area (Å²) in [4.78, 5) is 0. The quantitative estimate of drug-likeness (QED) is 0.525. The molecule has 0 saturated heterocycles. The van der Waals surface area contributed by atoms with Gasteiger partial charge in [-0.1, -0.05) is 18.2 Å². The molecule has 2 nitrogen and oxygen atoms in total. The summed E-state index contributed by atoms with van der Waals surface area (Å²) in [5, 5.41) is 2.41. The van der Waals surface area contributed by atoms with E-state index in [1.165, 1.54) is 16.5 Å². The second-order valence-corrected chi connectivity index (χ2v) is 3.64. The van der Waals surface area contributed by atoms with Gasteiger partial charge < -0.3 is 4.42 Å². The zero-order valence-electron chi connectivity index (χ0n) is 8.24. The number of nitrogens with zero attached hydrogens (tertiary/aromatic N) is 1. The SMILES string of the molecule is Cc1oc2c3ccccc3cn2c1C. The van der Waals surface area contributed by atoms with Crippen molar-refractivity contribution in [1.29, 1.82) is 0 Å². The average molecular weight is 185 g/mol. The predicted octanol–water partition coefficient (Wildman–Crippen LogP) is 3.30. The molecule has 0 aliphatic rings. The zero-order chi connectivity index (χ0) is 9.71. The zero-order valence-corrected chi connectivity index (χ0v) is 8.24. The van der Waals surface area contributed by atoms with Crippen LogP contribution in [0.2, 0.25) is 0 Å². The van der Waals surface area contributed by atoms with Gasteiger partial charge in [-0.3, -0.25) is 4.40 Å². The van der Waals surface area contributed by atoms with E-state index in [4.69, 9.17) is 4.42 Å². The normalized spacial score (nSPS) is 11.6. The number of rotatable bonds is 0. The van der Waals surface area contributed by atoms with Crippen molar-refractivity contribution in [3.05, 3.63) is 41.9 Å². The summed E-state index contributed by atoms with van der Waals surface area (Å²) in [5.74, 6) is 0.991. The average Bonchev–Trinajstić information content (AvgIpc) is 2.67. The Morgan fingerprint density at radius 2 is 1.93 bits per heavy atom. The summed E-state index contributed by atoms with van der Waals surface area (Å²) >= 11 is 0. The Hall–Kier alpha value is -1.70. The van der Waals surface area contributed by atoms with Crippen molar-refractivity contribution in [3.63, 3.8) is 0 Å². The van der Waals surface area contributed by atoms with E-state index < -0.39 is 0 Å². The molecular weight excluding hydrogens is 174 g/mol. The number of oxazole rings is 1. The van der Waals surface area contributed by atoms with Crippen LogP contribution in [0.3, 0.4) is 0 Å². The van der Waals surface area contributed by atoms with Crippen molar-refractivity contribution in [2.24, 2.45) is 0 Å². The second-order valence-electron chi connectivity index (χ2n) is 3.64. The first-order valence-electron chi connectivity index (χ1n) is 4.73. The van der Waals surface area contributed by atoms with Gasteiger partial charge in [0.25, 0.3) is 0 Å². The third-order valence-corrected chi connectivity index (χ3v) is 2.80. The van der Waals surface area contributed by atoms with Crippen molar-refractivity contribution < 1.29 is 4.42 Å². The van der Waals surface area contributed by atoms with Crippen LogP contribution in [0.5, 0.6) is 0 Å². The van der Waals surface area contributed by atoms with E-state index in [1.54, 1.807) is 0 Å². The van der Waals surface area contributed by atoms with Crippen LogP contribution < -0.4 is 0 Å². The van der Waals surface area contributed by atoms with Gasteiger partial charge in [0.1, 0.15) is 5.76 Å². The van der Waals surface area contributed by atoms with Crippen LogP contribution in [0.4, 0.5) is 0 Å². The molecule has 3 aromatic rings. The van der Waals surface area contributed by atoms with Crippen molar-refractivity contribution in [3.8, 4) is 0 Å². The van der Waals surface area contributed by atoms with Crippen LogP contribution >= 0.6 is 0 Å². The van der Waals surface area contributed by atoms with Crippen LogP contribution in [0, 0.1) is 13.8 Å². The van der Waals surface area contributed by atoms with Gasteiger partial charge in [0.05, 0.1) is 5.69 Å². The van der Waals surface area contributed by atoms with Crippen LogP contribution in [-0.2, 0) is 0 Å². The van der Waals surface area contributed by atoms with Crippen molar-refractivity contribution in [1.82, 2.24) is 4.40 Å². The molecule has 3 rings (SSSR count). The molecule has 14 heavy (non-hydrogen) atoms. The maximum absolute atomic E-state index is 5.71. The Morgan fingerprint density at radius 1 is 1.14 bits per heavy atom. The summed E-state index contributed by atoms with van der Waals surface area (Å²) in [6.45, 7) is 4.07. The smallest absolute Gasteiger partial charge is 0.211 e. The van der Waals surface area contributed by atoms with Gasteiger partial charge in [0.2, 0.25) is 5.71 Å². The largest absolute Gasteiger partial charge is 0.443 e. The molecule has 70 valence electrons. The molecule has 0 N–H and O–H groups in total. The molecule has 0 bridgehead atoms. The predicted molar refractivity (Wildman–Crippen MR) is 56.6 cm³/mol. The highest BCUT2D eigenvalue weighted by Crippen LogP contribution is 2.26. The number of benzene rings is 1. The van der Waals surface area contributed by atoms with E-state index in [-0.39, 0.29) is 0 Å². The Kier molecular flexibility index (Phi) is 1.32. The summed E-state index contributed by atoms with van der Waals surface area (Å²) in [6.07, 6.45) is 2.12. The highest BCUT2D eigenvalue weighted by molar-refractivity contribution is 5.94. The van der Waals surface area contributed by atoms with Crippen molar-refractivity contribution in [2.45, 2.75) is 13.8 Å². The summed E-state index contributed by atoms with van der Waals surface area (Å²) in [6, 6.07) is 8.28. The summed E-state index contributed by atoms with van der Waals surface area (Å²) in [5.41, 5.74) is 2.13. The number of hydrogen-bond donors (Lipinski definition) is 0. The second kappa shape index (κ2) is 2.41. The van der Waals surface area contributed by atoms with E-state index in [9.17, 15) is 0 Å². The van der Waals surface area contributed by atoms with Crippen molar-refractivity contribution in [2.75, 3.05) is 0 Å². The van der Waals surface area contributed by atoms with Crippen molar-refractivity contribution >= 4 is 16.5 Å². The maximum atomic E-state index is 5.71. The van der Waals surface area contributed by atoms with Gasteiger partial charge in [-0.15, -0.1) is 0 Å². The maximum Gasteiger partial charge on any atom is 0.211 e. The van der Waals surface area contributed by atoms with Crippen LogP contribution in [-0.4, -0.2) is 4.40 Å². The molecule has 1 aromatic carbocycles. The minimum absolute atomic E-state index is 0.954. The molecule has 2 heteroatoms. The molecule has 0 amide bonds. The van der Waals surface area contributed by atoms with Gasteiger partial charge in [0.15, 0.2) is 0 Å². The third kappa shape index (κ3) is 0.803. The summed E-state index contributed by atoms with van der Waals surface area (Å²) < 4.78 is 7.83. The lowest BCUT2D eigenvalue weighted by Gasteiger charge is -1.87. The molecule has 0 aliphatic carbocycles. The first-order valence-corrected chi connectivity index (χ1v) is 4.73. The first kappa shape index (κ1) is 7.68. The lowest BCUT2D eigenvalue weighted by Crippen LogP contribution is -1.80. The standard InChI is InChI=1S/C12H11NO/c1-8-9(2)14-12-11-6-4-3-5-10(11)7-13(8)12/h3-7H,1-2H3. The van der Waals surface area contributed by atoms with Gasteiger partial charge in [-0.25, -0.2) is 0 Å². The lowest BCUT2D eigenvalue weighted by molar-refractivity contribution is 0.574.